The number of rotatable bonds is 3. The van der Waals surface area contributed by atoms with Gasteiger partial charge in [-0.1, -0.05) is 18.2 Å². The number of aliphatic hydroxyl groups is 1. The van der Waals surface area contributed by atoms with Crippen molar-refractivity contribution in [2.45, 2.75) is 6.61 Å². The minimum Gasteiger partial charge on any atom is -0.426 e. The molecule has 0 aliphatic rings. The quantitative estimate of drug-likeness (QED) is 0.692. The van der Waals surface area contributed by atoms with Gasteiger partial charge in [0, 0.05) is 5.56 Å². The zero-order valence-corrected chi connectivity index (χ0v) is 7.23. The van der Waals surface area contributed by atoms with Gasteiger partial charge in [-0.2, -0.15) is 0 Å². The van der Waals surface area contributed by atoms with Crippen molar-refractivity contribution < 1.29 is 19.1 Å². The monoisotopic (exact) mass is 188 g/mol. The summed E-state index contributed by atoms with van der Waals surface area (Å²) in [7, 11) is -2.98. The first-order valence-corrected chi connectivity index (χ1v) is 4.60. The highest BCUT2D eigenvalue weighted by Gasteiger charge is 2.02. The lowest BCUT2D eigenvalue weighted by Crippen LogP contribution is -1.88. The minimum absolute atomic E-state index is 0.203. The molecule has 4 nitrogen and oxygen atoms in total. The Morgan fingerprint density at radius 1 is 1.42 bits per heavy atom. The van der Waals surface area contributed by atoms with Gasteiger partial charge in [-0.15, -0.1) is 0 Å². The molecule has 0 bridgehead atoms. The number of para-hydroxylation sites is 1. The molecule has 0 radical (unpaired) electrons. The summed E-state index contributed by atoms with van der Waals surface area (Å²) in [5, 5.41) is 8.78. The maximum Gasteiger partial charge on any atom is 0.365 e. The van der Waals surface area contributed by atoms with E-state index in [9.17, 15) is 4.57 Å². The van der Waals surface area contributed by atoms with Gasteiger partial charge in [0.2, 0.25) is 0 Å². The molecule has 0 aromatic heterocycles. The first-order valence-electron chi connectivity index (χ1n) is 3.33. The lowest BCUT2D eigenvalue weighted by atomic mass is 10.2. The van der Waals surface area contributed by atoms with E-state index >= 15 is 0 Å². The van der Waals surface area contributed by atoms with Gasteiger partial charge in [-0.25, -0.2) is 4.57 Å². The Hall–Kier alpha value is -0.830. The Bertz CT molecular complexity index is 286. The van der Waals surface area contributed by atoms with E-state index in [1.165, 1.54) is 6.07 Å². The molecule has 5 heteroatoms. The summed E-state index contributed by atoms with van der Waals surface area (Å²) in [6.07, 6.45) is 0. The van der Waals surface area contributed by atoms with Crippen LogP contribution in [0.3, 0.4) is 0 Å². The van der Waals surface area contributed by atoms with Gasteiger partial charge in [0.05, 0.1) is 6.61 Å². The summed E-state index contributed by atoms with van der Waals surface area (Å²) in [6, 6.07) is 6.54. The third kappa shape index (κ3) is 2.34. The van der Waals surface area contributed by atoms with E-state index in [0.29, 0.717) is 5.56 Å². The molecule has 0 fully saturated rings. The number of hydrogen-bond donors (Lipinski definition) is 2. The first kappa shape index (κ1) is 9.26. The number of benzene rings is 1. The molecular formula is C7H9O4P. The molecule has 0 spiro atoms. The van der Waals surface area contributed by atoms with Crippen LogP contribution in [0.5, 0.6) is 5.75 Å². The molecule has 0 saturated carbocycles. The van der Waals surface area contributed by atoms with Crippen LogP contribution in [0.25, 0.3) is 0 Å². The van der Waals surface area contributed by atoms with Crippen LogP contribution in [0.15, 0.2) is 24.3 Å². The van der Waals surface area contributed by atoms with E-state index in [4.69, 9.17) is 10.00 Å². The summed E-state index contributed by atoms with van der Waals surface area (Å²) < 4.78 is 14.9. The van der Waals surface area contributed by atoms with Gasteiger partial charge in [-0.05, 0) is 6.07 Å². The molecule has 0 heterocycles. The fraction of sp³-hybridized carbons (Fsp3) is 0.143. The van der Waals surface area contributed by atoms with Crippen LogP contribution in [0.2, 0.25) is 0 Å². The van der Waals surface area contributed by atoms with E-state index in [2.05, 4.69) is 4.52 Å². The van der Waals surface area contributed by atoms with Crippen LogP contribution in [-0.2, 0) is 11.2 Å². The van der Waals surface area contributed by atoms with Crippen LogP contribution in [0.4, 0.5) is 0 Å². The second kappa shape index (κ2) is 4.26. The second-order valence-electron chi connectivity index (χ2n) is 2.13. The van der Waals surface area contributed by atoms with Gasteiger partial charge < -0.3 is 14.5 Å². The third-order valence-electron chi connectivity index (χ3n) is 1.34. The second-order valence-corrected chi connectivity index (χ2v) is 2.87. The maximum absolute atomic E-state index is 10.3. The average molecular weight is 188 g/mol. The van der Waals surface area contributed by atoms with Crippen molar-refractivity contribution in [3.63, 3.8) is 0 Å². The normalized spacial score (nSPS) is 12.5. The maximum atomic E-state index is 10.3. The molecule has 1 unspecified atom stereocenters. The largest absolute Gasteiger partial charge is 0.426 e. The Morgan fingerprint density at radius 3 is 2.67 bits per heavy atom. The Labute approximate surface area is 70.4 Å². The van der Waals surface area contributed by atoms with Crippen LogP contribution in [0.1, 0.15) is 5.56 Å². The molecule has 12 heavy (non-hydrogen) atoms. The molecule has 1 aromatic rings. The van der Waals surface area contributed by atoms with Gasteiger partial charge in [0.25, 0.3) is 0 Å². The van der Waals surface area contributed by atoms with Crippen molar-refractivity contribution in [3.05, 3.63) is 29.8 Å². The Kier molecular flexibility index (Phi) is 3.29. The molecule has 0 amide bonds. The predicted octanol–water partition coefficient (Wildman–Crippen LogP) is 0.940. The highest BCUT2D eigenvalue weighted by Crippen LogP contribution is 2.26. The Balaban J connectivity index is 2.89. The van der Waals surface area contributed by atoms with Crippen molar-refractivity contribution in [2.24, 2.45) is 0 Å². The van der Waals surface area contributed by atoms with Crippen LogP contribution < -0.4 is 4.52 Å². The van der Waals surface area contributed by atoms with Gasteiger partial charge in [-0.3, -0.25) is 0 Å². The van der Waals surface area contributed by atoms with Gasteiger partial charge in [0.15, 0.2) is 0 Å². The molecule has 1 aromatic carbocycles. The first-order chi connectivity index (χ1) is 5.74. The summed E-state index contributed by atoms with van der Waals surface area (Å²) in [6.45, 7) is -0.203. The summed E-state index contributed by atoms with van der Waals surface area (Å²) in [4.78, 5) is 8.47. The zero-order valence-electron chi connectivity index (χ0n) is 6.23. The van der Waals surface area contributed by atoms with Gasteiger partial charge >= 0.3 is 8.25 Å². The molecule has 1 rings (SSSR count). The molecule has 1 atom stereocenters. The van der Waals surface area contributed by atoms with Crippen LogP contribution in [-0.4, -0.2) is 10.00 Å². The fourth-order valence-electron chi connectivity index (χ4n) is 0.828. The predicted molar refractivity (Wildman–Crippen MR) is 44.2 cm³/mol. The fourth-order valence-corrected chi connectivity index (χ4v) is 1.22. The number of hydrogen-bond acceptors (Lipinski definition) is 3. The molecular weight excluding hydrogens is 179 g/mol. The molecule has 0 aliphatic carbocycles. The lowest BCUT2D eigenvalue weighted by molar-refractivity contribution is 0.277. The molecule has 0 saturated heterocycles. The lowest BCUT2D eigenvalue weighted by Gasteiger charge is -2.05. The van der Waals surface area contributed by atoms with Gasteiger partial charge in [0.1, 0.15) is 5.75 Å². The van der Waals surface area contributed by atoms with Crippen LogP contribution >= 0.6 is 8.25 Å². The van der Waals surface area contributed by atoms with Crippen molar-refractivity contribution in [2.75, 3.05) is 0 Å². The van der Waals surface area contributed by atoms with E-state index in [0.717, 1.165) is 0 Å². The Morgan fingerprint density at radius 2 is 2.08 bits per heavy atom. The summed E-state index contributed by atoms with van der Waals surface area (Å²) in [5.74, 6) is 0.256. The SMILES string of the molecule is O=[PH](O)Oc1ccccc1CO. The minimum atomic E-state index is -2.98. The average Bonchev–Trinajstić information content (AvgIpc) is 2.04. The smallest absolute Gasteiger partial charge is 0.365 e. The van der Waals surface area contributed by atoms with E-state index in [1.807, 2.05) is 0 Å². The standard InChI is InChI=1S/C7H9O4P/c8-5-6-3-1-2-4-7(6)11-12(9)10/h1-4,8,12H,5H2,(H,9,10). The molecule has 66 valence electrons. The van der Waals surface area contributed by atoms with Crippen LogP contribution in [0, 0.1) is 0 Å². The topological polar surface area (TPSA) is 66.8 Å². The highest BCUT2D eigenvalue weighted by molar-refractivity contribution is 7.32. The van der Waals surface area contributed by atoms with Crippen molar-refractivity contribution >= 4 is 8.25 Å². The molecule has 0 aliphatic heterocycles. The third-order valence-corrected chi connectivity index (χ3v) is 1.73. The number of aliphatic hydroxyl groups excluding tert-OH is 1. The highest BCUT2D eigenvalue weighted by atomic mass is 31.1. The van der Waals surface area contributed by atoms with E-state index < -0.39 is 8.25 Å². The summed E-state index contributed by atoms with van der Waals surface area (Å²) in [5.41, 5.74) is 0.505. The summed E-state index contributed by atoms with van der Waals surface area (Å²) >= 11 is 0. The zero-order chi connectivity index (χ0) is 8.97. The molecule has 2 N–H and O–H groups in total. The van der Waals surface area contributed by atoms with Crippen molar-refractivity contribution in [3.8, 4) is 5.75 Å². The van der Waals surface area contributed by atoms with Crippen molar-refractivity contribution in [1.29, 1.82) is 0 Å². The van der Waals surface area contributed by atoms with E-state index in [1.54, 1.807) is 18.2 Å². The van der Waals surface area contributed by atoms with Crippen molar-refractivity contribution in [1.82, 2.24) is 0 Å². The van der Waals surface area contributed by atoms with E-state index in [-0.39, 0.29) is 12.4 Å².